The summed E-state index contributed by atoms with van der Waals surface area (Å²) in [6.45, 7) is 9.52. The number of amides is 1. The number of carbonyl (C=O) groups is 1. The highest BCUT2D eigenvalue weighted by atomic mass is 16.2. The predicted octanol–water partition coefficient (Wildman–Crippen LogP) is 2.07. The van der Waals surface area contributed by atoms with Crippen molar-refractivity contribution in [2.75, 3.05) is 6.54 Å². The molecule has 0 bridgehead atoms. The van der Waals surface area contributed by atoms with Crippen molar-refractivity contribution in [1.29, 1.82) is 0 Å². The van der Waals surface area contributed by atoms with Gasteiger partial charge in [0.25, 0.3) is 0 Å². The lowest BCUT2D eigenvalue weighted by Gasteiger charge is -2.28. The minimum atomic E-state index is 0.0312. The first-order chi connectivity index (χ1) is 7.38. The van der Waals surface area contributed by atoms with Gasteiger partial charge in [0, 0.05) is 12.6 Å². The maximum atomic E-state index is 11.9. The third-order valence-electron chi connectivity index (χ3n) is 3.11. The van der Waals surface area contributed by atoms with Gasteiger partial charge >= 0.3 is 0 Å². The standard InChI is InChI=1S/C13H26N2O/c1-10-6-5-7-11(15-10)12(16)14-9-8-13(2,3)4/h10-11,15H,5-9H2,1-4H3,(H,14,16). The predicted molar refractivity (Wildman–Crippen MR) is 67.3 cm³/mol. The van der Waals surface area contributed by atoms with E-state index in [1.807, 2.05) is 0 Å². The third kappa shape index (κ3) is 4.97. The number of rotatable bonds is 3. The van der Waals surface area contributed by atoms with E-state index in [-0.39, 0.29) is 11.9 Å². The lowest BCUT2D eigenvalue weighted by molar-refractivity contribution is -0.124. The average Bonchev–Trinajstić information content (AvgIpc) is 2.15. The van der Waals surface area contributed by atoms with Crippen LogP contribution in [0.5, 0.6) is 0 Å². The summed E-state index contributed by atoms with van der Waals surface area (Å²) in [5.74, 6) is 0.177. The largest absolute Gasteiger partial charge is 0.355 e. The summed E-state index contributed by atoms with van der Waals surface area (Å²) in [4.78, 5) is 11.9. The van der Waals surface area contributed by atoms with Crippen molar-refractivity contribution in [3.8, 4) is 0 Å². The Morgan fingerprint density at radius 1 is 1.38 bits per heavy atom. The molecule has 1 amide bonds. The summed E-state index contributed by atoms with van der Waals surface area (Å²) in [5.41, 5.74) is 0.292. The van der Waals surface area contributed by atoms with Crippen LogP contribution in [0, 0.1) is 5.41 Å². The van der Waals surface area contributed by atoms with Crippen molar-refractivity contribution in [2.45, 2.75) is 65.5 Å². The Hall–Kier alpha value is -0.570. The Kier molecular flexibility index (Phi) is 4.78. The maximum Gasteiger partial charge on any atom is 0.237 e. The molecule has 94 valence electrons. The normalized spacial score (nSPS) is 26.5. The lowest BCUT2D eigenvalue weighted by atomic mass is 9.92. The van der Waals surface area contributed by atoms with Crippen molar-refractivity contribution in [2.24, 2.45) is 5.41 Å². The van der Waals surface area contributed by atoms with Crippen LogP contribution < -0.4 is 10.6 Å². The second-order valence-electron chi connectivity index (χ2n) is 6.15. The highest BCUT2D eigenvalue weighted by molar-refractivity contribution is 5.81. The number of carbonyl (C=O) groups excluding carboxylic acids is 1. The van der Waals surface area contributed by atoms with Crippen molar-refractivity contribution < 1.29 is 4.79 Å². The Bertz CT molecular complexity index is 233. The Labute approximate surface area is 99.4 Å². The number of hydrogen-bond acceptors (Lipinski definition) is 2. The zero-order valence-electron chi connectivity index (χ0n) is 11.1. The van der Waals surface area contributed by atoms with E-state index in [1.54, 1.807) is 0 Å². The van der Waals surface area contributed by atoms with E-state index in [0.29, 0.717) is 11.5 Å². The topological polar surface area (TPSA) is 41.1 Å². The molecule has 2 N–H and O–H groups in total. The minimum absolute atomic E-state index is 0.0312. The quantitative estimate of drug-likeness (QED) is 0.773. The van der Waals surface area contributed by atoms with Crippen LogP contribution >= 0.6 is 0 Å². The number of nitrogens with one attached hydrogen (secondary N) is 2. The molecule has 0 aromatic heterocycles. The zero-order valence-corrected chi connectivity index (χ0v) is 11.1. The van der Waals surface area contributed by atoms with Crippen LogP contribution in [0.1, 0.15) is 53.4 Å². The first-order valence-corrected chi connectivity index (χ1v) is 6.42. The number of piperidine rings is 1. The fourth-order valence-electron chi connectivity index (χ4n) is 2.03. The van der Waals surface area contributed by atoms with Crippen LogP contribution in [0.15, 0.2) is 0 Å². The van der Waals surface area contributed by atoms with Gasteiger partial charge in [-0.15, -0.1) is 0 Å². The Morgan fingerprint density at radius 2 is 2.06 bits per heavy atom. The molecule has 1 fully saturated rings. The van der Waals surface area contributed by atoms with Crippen molar-refractivity contribution >= 4 is 5.91 Å². The van der Waals surface area contributed by atoms with Gasteiger partial charge in [0.2, 0.25) is 5.91 Å². The molecule has 0 spiro atoms. The van der Waals surface area contributed by atoms with E-state index in [0.717, 1.165) is 25.8 Å². The van der Waals surface area contributed by atoms with Gasteiger partial charge in [-0.05, 0) is 38.0 Å². The smallest absolute Gasteiger partial charge is 0.237 e. The van der Waals surface area contributed by atoms with E-state index in [9.17, 15) is 4.79 Å². The Balaban J connectivity index is 2.24. The molecule has 0 aliphatic carbocycles. The molecule has 16 heavy (non-hydrogen) atoms. The Morgan fingerprint density at radius 3 is 2.62 bits per heavy atom. The van der Waals surface area contributed by atoms with E-state index < -0.39 is 0 Å². The summed E-state index contributed by atoms with van der Waals surface area (Å²) in [6, 6.07) is 0.510. The molecule has 0 radical (unpaired) electrons. The minimum Gasteiger partial charge on any atom is -0.355 e. The lowest BCUT2D eigenvalue weighted by Crippen LogP contribution is -2.50. The second-order valence-corrected chi connectivity index (χ2v) is 6.15. The number of hydrogen-bond donors (Lipinski definition) is 2. The molecule has 1 aliphatic heterocycles. The first kappa shape index (κ1) is 13.5. The monoisotopic (exact) mass is 226 g/mol. The average molecular weight is 226 g/mol. The highest BCUT2D eigenvalue weighted by Gasteiger charge is 2.23. The first-order valence-electron chi connectivity index (χ1n) is 6.42. The van der Waals surface area contributed by atoms with Gasteiger partial charge in [-0.2, -0.15) is 0 Å². The van der Waals surface area contributed by atoms with Crippen LogP contribution in [0.4, 0.5) is 0 Å². The summed E-state index contributed by atoms with van der Waals surface area (Å²) in [7, 11) is 0. The fourth-order valence-corrected chi connectivity index (χ4v) is 2.03. The summed E-state index contributed by atoms with van der Waals surface area (Å²) in [6.07, 6.45) is 4.35. The van der Waals surface area contributed by atoms with E-state index in [4.69, 9.17) is 0 Å². The van der Waals surface area contributed by atoms with Gasteiger partial charge in [0.1, 0.15) is 0 Å². The summed E-state index contributed by atoms with van der Waals surface area (Å²) >= 11 is 0. The highest BCUT2D eigenvalue weighted by Crippen LogP contribution is 2.17. The molecule has 1 aliphatic rings. The molecular weight excluding hydrogens is 200 g/mol. The zero-order chi connectivity index (χ0) is 12.2. The van der Waals surface area contributed by atoms with Crippen molar-refractivity contribution in [1.82, 2.24) is 10.6 Å². The molecule has 3 nitrogen and oxygen atoms in total. The van der Waals surface area contributed by atoms with Gasteiger partial charge in [0.15, 0.2) is 0 Å². The van der Waals surface area contributed by atoms with Gasteiger partial charge in [-0.25, -0.2) is 0 Å². The summed E-state index contributed by atoms with van der Waals surface area (Å²) in [5, 5.41) is 6.38. The molecule has 3 heteroatoms. The van der Waals surface area contributed by atoms with Crippen molar-refractivity contribution in [3.05, 3.63) is 0 Å². The molecule has 1 saturated heterocycles. The van der Waals surface area contributed by atoms with E-state index >= 15 is 0 Å². The van der Waals surface area contributed by atoms with Crippen molar-refractivity contribution in [3.63, 3.8) is 0 Å². The van der Waals surface area contributed by atoms with Crippen LogP contribution in [0.25, 0.3) is 0 Å². The molecule has 0 saturated carbocycles. The van der Waals surface area contributed by atoms with Crippen LogP contribution in [0.3, 0.4) is 0 Å². The molecule has 1 rings (SSSR count). The SMILES string of the molecule is CC1CCCC(C(=O)NCCC(C)(C)C)N1. The molecule has 2 atom stereocenters. The van der Waals surface area contributed by atoms with E-state index in [1.165, 1.54) is 6.42 Å². The molecule has 0 aromatic carbocycles. The third-order valence-corrected chi connectivity index (χ3v) is 3.11. The molecule has 2 unspecified atom stereocenters. The van der Waals surface area contributed by atoms with Crippen LogP contribution in [-0.2, 0) is 4.79 Å². The fraction of sp³-hybridized carbons (Fsp3) is 0.923. The van der Waals surface area contributed by atoms with Crippen LogP contribution in [0.2, 0.25) is 0 Å². The summed E-state index contributed by atoms with van der Waals surface area (Å²) < 4.78 is 0. The molecule has 1 heterocycles. The van der Waals surface area contributed by atoms with Gasteiger partial charge in [0.05, 0.1) is 6.04 Å². The molecule has 0 aromatic rings. The van der Waals surface area contributed by atoms with Gasteiger partial charge in [-0.3, -0.25) is 4.79 Å². The van der Waals surface area contributed by atoms with E-state index in [2.05, 4.69) is 38.3 Å². The van der Waals surface area contributed by atoms with Crippen LogP contribution in [-0.4, -0.2) is 24.5 Å². The van der Waals surface area contributed by atoms with Gasteiger partial charge < -0.3 is 10.6 Å². The maximum absolute atomic E-state index is 11.9. The van der Waals surface area contributed by atoms with Gasteiger partial charge in [-0.1, -0.05) is 20.8 Å². The molecular formula is C13H26N2O. The second kappa shape index (κ2) is 5.67.